The largest absolute Gasteiger partial charge is 0.423 e. The zero-order valence-electron chi connectivity index (χ0n) is 13.4. The van der Waals surface area contributed by atoms with Gasteiger partial charge in [-0.3, -0.25) is 14.9 Å². The zero-order valence-corrected chi connectivity index (χ0v) is 13.4. The second-order valence-electron chi connectivity index (χ2n) is 5.65. The highest BCUT2D eigenvalue weighted by molar-refractivity contribution is 5.96. The molecule has 2 aromatic carbocycles. The van der Waals surface area contributed by atoms with Crippen LogP contribution in [0, 0.1) is 17.0 Å². The molecule has 8 heteroatoms. The number of nitrogens with zero attached hydrogens (tertiary/aromatic N) is 2. The number of non-ortho nitro benzene ring substituents is 1. The van der Waals surface area contributed by atoms with Gasteiger partial charge in [-0.15, -0.1) is 0 Å². The van der Waals surface area contributed by atoms with Crippen molar-refractivity contribution >= 4 is 28.9 Å². The fourth-order valence-corrected chi connectivity index (χ4v) is 2.51. The first-order valence-electron chi connectivity index (χ1n) is 7.53. The Morgan fingerprint density at radius 1 is 1.28 bits per heavy atom. The monoisotopic (exact) mass is 341 g/mol. The average Bonchev–Trinajstić information content (AvgIpc) is 2.56. The molecule has 1 N–H and O–H groups in total. The molecule has 1 heterocycles. The minimum Gasteiger partial charge on any atom is -0.423 e. The van der Waals surface area contributed by atoms with Crippen LogP contribution in [0.5, 0.6) is 5.75 Å². The fourth-order valence-electron chi connectivity index (χ4n) is 2.51. The molecule has 8 nitrogen and oxygen atoms in total. The minimum atomic E-state index is -0.573. The molecule has 0 saturated heterocycles. The number of nitro benzene ring substituents is 1. The molecule has 128 valence electrons. The van der Waals surface area contributed by atoms with Gasteiger partial charge in [-0.1, -0.05) is 17.7 Å². The molecule has 0 aliphatic carbocycles. The Labute approximate surface area is 143 Å². The number of esters is 1. The van der Waals surface area contributed by atoms with Crippen molar-refractivity contribution in [3.8, 4) is 5.75 Å². The maximum Gasteiger partial charge on any atom is 0.331 e. The van der Waals surface area contributed by atoms with Gasteiger partial charge in [-0.05, 0) is 25.1 Å². The molecular formula is C17H15N3O5. The van der Waals surface area contributed by atoms with E-state index in [1.54, 1.807) is 12.1 Å². The topological polar surface area (TPSA) is 102 Å². The molecular weight excluding hydrogens is 326 g/mol. The van der Waals surface area contributed by atoms with E-state index in [0.717, 1.165) is 5.56 Å². The normalized spacial score (nSPS) is 13.0. The Morgan fingerprint density at radius 3 is 2.68 bits per heavy atom. The van der Waals surface area contributed by atoms with Crippen LogP contribution in [-0.2, 0) is 9.59 Å². The Morgan fingerprint density at radius 2 is 2.00 bits per heavy atom. The number of rotatable bonds is 4. The van der Waals surface area contributed by atoms with Crippen LogP contribution in [-0.4, -0.2) is 29.9 Å². The lowest BCUT2D eigenvalue weighted by Crippen LogP contribution is -2.41. The van der Waals surface area contributed by atoms with Crippen LogP contribution in [0.15, 0.2) is 42.5 Å². The Kier molecular flexibility index (Phi) is 4.34. The number of amides is 1. The smallest absolute Gasteiger partial charge is 0.331 e. The number of nitro groups is 1. The highest BCUT2D eigenvalue weighted by Crippen LogP contribution is 2.35. The number of ether oxygens (including phenoxy) is 1. The zero-order chi connectivity index (χ0) is 18.0. The summed E-state index contributed by atoms with van der Waals surface area (Å²) in [5.41, 5.74) is 2.01. The standard InChI is InChI=1S/C17H15N3O5/c1-11-2-4-12(5-3-11)18-16(21)9-19-10-17(22)25-15-8-13(20(23)24)6-7-14(15)19/h2-8H,9-10H2,1H3,(H,18,21). The molecule has 25 heavy (non-hydrogen) atoms. The third-order valence-corrected chi connectivity index (χ3v) is 3.71. The van der Waals surface area contributed by atoms with Crippen LogP contribution < -0.4 is 15.0 Å². The van der Waals surface area contributed by atoms with E-state index in [1.807, 2.05) is 19.1 Å². The Hall–Kier alpha value is -3.42. The van der Waals surface area contributed by atoms with Gasteiger partial charge in [0.25, 0.3) is 5.69 Å². The lowest BCUT2D eigenvalue weighted by Gasteiger charge is -2.28. The predicted molar refractivity (Wildman–Crippen MR) is 90.8 cm³/mol. The van der Waals surface area contributed by atoms with Crippen LogP contribution in [0.4, 0.5) is 17.1 Å². The number of benzene rings is 2. The van der Waals surface area contributed by atoms with Crippen LogP contribution >= 0.6 is 0 Å². The lowest BCUT2D eigenvalue weighted by molar-refractivity contribution is -0.384. The highest BCUT2D eigenvalue weighted by atomic mass is 16.6. The predicted octanol–water partition coefficient (Wildman–Crippen LogP) is 2.27. The summed E-state index contributed by atoms with van der Waals surface area (Å²) in [5, 5.41) is 13.6. The van der Waals surface area contributed by atoms with Crippen molar-refractivity contribution < 1.29 is 19.2 Å². The van der Waals surface area contributed by atoms with Gasteiger partial charge < -0.3 is 15.0 Å². The first-order valence-corrected chi connectivity index (χ1v) is 7.53. The van der Waals surface area contributed by atoms with E-state index in [0.29, 0.717) is 11.4 Å². The number of carbonyl (C=O) groups is 2. The third kappa shape index (κ3) is 3.74. The fraction of sp³-hybridized carbons (Fsp3) is 0.176. The molecule has 0 bridgehead atoms. The summed E-state index contributed by atoms with van der Waals surface area (Å²) in [6.45, 7) is 1.76. The van der Waals surface area contributed by atoms with E-state index in [2.05, 4.69) is 5.32 Å². The van der Waals surface area contributed by atoms with Crippen molar-refractivity contribution in [1.29, 1.82) is 0 Å². The van der Waals surface area contributed by atoms with Gasteiger partial charge in [-0.25, -0.2) is 4.79 Å². The number of hydrogen-bond acceptors (Lipinski definition) is 6. The molecule has 2 aromatic rings. The second kappa shape index (κ2) is 6.60. The van der Waals surface area contributed by atoms with E-state index in [-0.39, 0.29) is 30.4 Å². The molecule has 0 aromatic heterocycles. The summed E-state index contributed by atoms with van der Waals surface area (Å²) in [5.74, 6) is -0.799. The molecule has 0 unspecified atom stereocenters. The van der Waals surface area contributed by atoms with Crippen molar-refractivity contribution in [2.75, 3.05) is 23.3 Å². The lowest BCUT2D eigenvalue weighted by atomic mass is 10.2. The van der Waals surface area contributed by atoms with Crippen LogP contribution in [0.3, 0.4) is 0 Å². The quantitative estimate of drug-likeness (QED) is 0.396. The molecule has 0 fully saturated rings. The van der Waals surface area contributed by atoms with Crippen molar-refractivity contribution in [3.63, 3.8) is 0 Å². The second-order valence-corrected chi connectivity index (χ2v) is 5.65. The van der Waals surface area contributed by atoms with E-state index >= 15 is 0 Å². The first kappa shape index (κ1) is 16.4. The Balaban J connectivity index is 1.76. The van der Waals surface area contributed by atoms with Crippen molar-refractivity contribution in [2.24, 2.45) is 0 Å². The van der Waals surface area contributed by atoms with Gasteiger partial charge >= 0.3 is 5.97 Å². The molecule has 1 aliphatic rings. The highest BCUT2D eigenvalue weighted by Gasteiger charge is 2.27. The van der Waals surface area contributed by atoms with Crippen molar-refractivity contribution in [2.45, 2.75) is 6.92 Å². The minimum absolute atomic E-state index is 0.0756. The molecule has 0 spiro atoms. The van der Waals surface area contributed by atoms with E-state index in [1.165, 1.54) is 23.1 Å². The van der Waals surface area contributed by atoms with E-state index in [4.69, 9.17) is 4.74 Å². The van der Waals surface area contributed by atoms with Gasteiger partial charge in [0, 0.05) is 11.8 Å². The van der Waals surface area contributed by atoms with E-state index in [9.17, 15) is 19.7 Å². The maximum absolute atomic E-state index is 12.2. The number of anilines is 2. The summed E-state index contributed by atoms with van der Waals surface area (Å²) in [4.78, 5) is 35.8. The molecule has 1 amide bonds. The molecule has 0 radical (unpaired) electrons. The van der Waals surface area contributed by atoms with Gasteiger partial charge in [0.05, 0.1) is 23.2 Å². The SMILES string of the molecule is Cc1ccc(NC(=O)CN2CC(=O)Oc3cc([N+](=O)[O-])ccc32)cc1. The van der Waals surface area contributed by atoms with Crippen LogP contribution in [0.25, 0.3) is 0 Å². The number of fused-ring (bicyclic) bond motifs is 1. The molecule has 0 atom stereocenters. The van der Waals surface area contributed by atoms with E-state index < -0.39 is 10.9 Å². The first-order chi connectivity index (χ1) is 11.9. The number of hydrogen-bond donors (Lipinski definition) is 1. The average molecular weight is 341 g/mol. The van der Waals surface area contributed by atoms with Crippen LogP contribution in [0.2, 0.25) is 0 Å². The molecule has 3 rings (SSSR count). The maximum atomic E-state index is 12.2. The van der Waals surface area contributed by atoms with Crippen molar-refractivity contribution in [1.82, 2.24) is 0 Å². The summed E-state index contributed by atoms with van der Waals surface area (Å²) < 4.78 is 5.05. The van der Waals surface area contributed by atoms with Crippen molar-refractivity contribution in [3.05, 3.63) is 58.1 Å². The van der Waals surface area contributed by atoms with Gasteiger partial charge in [0.2, 0.25) is 5.91 Å². The summed E-state index contributed by atoms with van der Waals surface area (Å²) >= 11 is 0. The van der Waals surface area contributed by atoms with Gasteiger partial charge in [-0.2, -0.15) is 0 Å². The van der Waals surface area contributed by atoms with Crippen LogP contribution in [0.1, 0.15) is 5.56 Å². The summed E-state index contributed by atoms with van der Waals surface area (Å²) in [7, 11) is 0. The Bertz CT molecular complexity index is 848. The number of carbonyl (C=O) groups excluding carboxylic acids is 2. The third-order valence-electron chi connectivity index (χ3n) is 3.71. The molecule has 1 aliphatic heterocycles. The summed E-state index contributed by atoms with van der Waals surface area (Å²) in [6, 6.07) is 11.3. The van der Waals surface area contributed by atoms with Gasteiger partial charge in [0.1, 0.15) is 6.54 Å². The number of nitrogens with one attached hydrogen (secondary N) is 1. The number of aryl methyl sites for hydroxylation is 1. The summed E-state index contributed by atoms with van der Waals surface area (Å²) in [6.07, 6.45) is 0. The van der Waals surface area contributed by atoms with Gasteiger partial charge in [0.15, 0.2) is 5.75 Å². The molecule has 0 saturated carbocycles.